The van der Waals surface area contributed by atoms with E-state index in [2.05, 4.69) is 10.3 Å². The van der Waals surface area contributed by atoms with Gasteiger partial charge < -0.3 is 30.6 Å². The number of aliphatic hydroxyl groups excluding tert-OH is 1. The minimum atomic E-state index is -0.901. The van der Waals surface area contributed by atoms with Gasteiger partial charge in [0.1, 0.15) is 18.1 Å². The summed E-state index contributed by atoms with van der Waals surface area (Å²) in [7, 11) is 1.60. The van der Waals surface area contributed by atoms with Crippen molar-refractivity contribution in [2.75, 3.05) is 13.7 Å². The second kappa shape index (κ2) is 12.9. The number of carbonyl (C=O) groups is 2. The number of aromatic nitrogens is 1. The lowest BCUT2D eigenvalue weighted by Crippen LogP contribution is -2.51. The van der Waals surface area contributed by atoms with Gasteiger partial charge in [-0.2, -0.15) is 0 Å². The standard InChI is InChI=1S/C30H33N3O5/c1-37-28-9-5-2-6-21(28)12-15-29(36)33-30(31)25(16-22-17-32-26-8-4-3-7-24(22)26)27(35)19-38-23-13-10-20(18-34)11-14-23/h2-11,13-14,17,25,30,32,34H,12,15-16,18-19,31H2,1H3,(H,33,36)/t25?,30-/m1/s1. The first-order chi connectivity index (χ1) is 18.5. The number of ether oxygens (including phenoxy) is 2. The molecule has 1 aromatic heterocycles. The highest BCUT2D eigenvalue weighted by atomic mass is 16.5. The van der Waals surface area contributed by atoms with E-state index in [1.165, 1.54) is 0 Å². The number of benzene rings is 3. The number of aryl methyl sites for hydroxylation is 1. The monoisotopic (exact) mass is 515 g/mol. The van der Waals surface area contributed by atoms with E-state index in [9.17, 15) is 14.7 Å². The number of rotatable bonds is 13. The number of aromatic amines is 1. The summed E-state index contributed by atoms with van der Waals surface area (Å²) in [6.07, 6.45) is 1.99. The molecule has 2 atom stereocenters. The van der Waals surface area contributed by atoms with Gasteiger partial charge in [0.05, 0.1) is 25.8 Å². The minimum absolute atomic E-state index is 0.0719. The van der Waals surface area contributed by atoms with E-state index in [4.69, 9.17) is 15.2 Å². The number of nitrogens with two attached hydrogens (primary N) is 1. The van der Waals surface area contributed by atoms with Gasteiger partial charge in [0.25, 0.3) is 0 Å². The summed E-state index contributed by atoms with van der Waals surface area (Å²) in [5.41, 5.74) is 10.0. The zero-order valence-corrected chi connectivity index (χ0v) is 21.4. The SMILES string of the molecule is COc1ccccc1CCC(=O)N[C@@H](N)C(Cc1c[nH]c2ccccc12)C(=O)COc1ccc(CO)cc1. The number of fused-ring (bicyclic) bond motifs is 1. The van der Waals surface area contributed by atoms with Crippen molar-refractivity contribution in [3.8, 4) is 11.5 Å². The Morgan fingerprint density at radius 1 is 1.00 bits per heavy atom. The number of para-hydroxylation sites is 2. The van der Waals surface area contributed by atoms with Gasteiger partial charge in [0.2, 0.25) is 5.91 Å². The third kappa shape index (κ3) is 6.79. The van der Waals surface area contributed by atoms with Crippen LogP contribution in [0.1, 0.15) is 23.1 Å². The van der Waals surface area contributed by atoms with Gasteiger partial charge in [-0.25, -0.2) is 0 Å². The van der Waals surface area contributed by atoms with Gasteiger partial charge in [-0.1, -0.05) is 48.5 Å². The molecule has 38 heavy (non-hydrogen) atoms. The summed E-state index contributed by atoms with van der Waals surface area (Å²) in [6, 6.07) is 22.2. The maximum Gasteiger partial charge on any atom is 0.221 e. The molecule has 198 valence electrons. The lowest BCUT2D eigenvalue weighted by molar-refractivity contribution is -0.127. The van der Waals surface area contributed by atoms with Crippen LogP contribution in [0.4, 0.5) is 0 Å². The molecule has 3 aromatic carbocycles. The van der Waals surface area contributed by atoms with E-state index in [0.717, 1.165) is 33.3 Å². The summed E-state index contributed by atoms with van der Waals surface area (Å²) in [6.45, 7) is -0.270. The van der Waals surface area contributed by atoms with Crippen molar-refractivity contribution in [1.29, 1.82) is 0 Å². The largest absolute Gasteiger partial charge is 0.496 e. The average molecular weight is 516 g/mol. The highest BCUT2D eigenvalue weighted by Crippen LogP contribution is 2.23. The molecule has 0 aliphatic rings. The van der Waals surface area contributed by atoms with E-state index in [-0.39, 0.29) is 31.3 Å². The molecule has 0 spiro atoms. The number of carbonyl (C=O) groups excluding carboxylic acids is 2. The summed E-state index contributed by atoms with van der Waals surface area (Å²) in [5.74, 6) is 0.0535. The summed E-state index contributed by atoms with van der Waals surface area (Å²) in [4.78, 5) is 29.4. The Labute approximate surface area is 221 Å². The number of Topliss-reactive ketones (excluding diaryl/α,β-unsaturated/α-hetero) is 1. The van der Waals surface area contributed by atoms with Crippen molar-refractivity contribution in [2.45, 2.75) is 32.0 Å². The summed E-state index contributed by atoms with van der Waals surface area (Å²) < 4.78 is 11.1. The number of amides is 1. The van der Waals surface area contributed by atoms with Crippen LogP contribution in [0.25, 0.3) is 10.9 Å². The van der Waals surface area contributed by atoms with Crippen LogP contribution in [0.2, 0.25) is 0 Å². The van der Waals surface area contributed by atoms with Gasteiger partial charge in [-0.3, -0.25) is 9.59 Å². The summed E-state index contributed by atoms with van der Waals surface area (Å²) >= 11 is 0. The molecular weight excluding hydrogens is 482 g/mol. The predicted octanol–water partition coefficient (Wildman–Crippen LogP) is 3.51. The molecule has 1 heterocycles. The third-order valence-corrected chi connectivity index (χ3v) is 6.59. The Hall–Kier alpha value is -4.14. The summed E-state index contributed by atoms with van der Waals surface area (Å²) in [5, 5.41) is 13.1. The number of hydrogen-bond donors (Lipinski definition) is 4. The maximum atomic E-state index is 13.4. The van der Waals surface area contributed by atoms with Gasteiger partial charge in [-0.05, 0) is 53.8 Å². The van der Waals surface area contributed by atoms with Crippen LogP contribution in [0.15, 0.2) is 79.0 Å². The topological polar surface area (TPSA) is 127 Å². The Kier molecular flexibility index (Phi) is 9.13. The molecule has 5 N–H and O–H groups in total. The van der Waals surface area contributed by atoms with Crippen LogP contribution >= 0.6 is 0 Å². The molecule has 0 aliphatic carbocycles. The van der Waals surface area contributed by atoms with Crippen molar-refractivity contribution in [2.24, 2.45) is 11.7 Å². The van der Waals surface area contributed by atoms with Crippen molar-refractivity contribution in [3.05, 3.63) is 95.7 Å². The fourth-order valence-electron chi connectivity index (χ4n) is 4.45. The van der Waals surface area contributed by atoms with Crippen LogP contribution in [0.3, 0.4) is 0 Å². The van der Waals surface area contributed by atoms with Crippen LogP contribution in [-0.2, 0) is 29.0 Å². The molecule has 0 aliphatic heterocycles. The van der Waals surface area contributed by atoms with E-state index in [1.54, 1.807) is 31.4 Å². The van der Waals surface area contributed by atoms with Crippen LogP contribution in [0.5, 0.6) is 11.5 Å². The zero-order valence-electron chi connectivity index (χ0n) is 21.4. The number of aliphatic hydroxyl groups is 1. The fraction of sp³-hybridized carbons (Fsp3) is 0.267. The lowest BCUT2D eigenvalue weighted by Gasteiger charge is -2.24. The Morgan fingerprint density at radius 2 is 1.74 bits per heavy atom. The van der Waals surface area contributed by atoms with E-state index in [1.807, 2.05) is 54.7 Å². The highest BCUT2D eigenvalue weighted by Gasteiger charge is 2.28. The number of ketones is 1. The quantitative estimate of drug-likeness (QED) is 0.202. The van der Waals surface area contributed by atoms with Crippen molar-refractivity contribution in [1.82, 2.24) is 10.3 Å². The Bertz CT molecular complexity index is 1370. The van der Waals surface area contributed by atoms with Crippen molar-refractivity contribution in [3.63, 3.8) is 0 Å². The molecule has 0 fully saturated rings. The highest BCUT2D eigenvalue weighted by molar-refractivity contribution is 5.87. The van der Waals surface area contributed by atoms with E-state index in [0.29, 0.717) is 18.6 Å². The number of hydrogen-bond acceptors (Lipinski definition) is 6. The smallest absolute Gasteiger partial charge is 0.221 e. The molecule has 4 rings (SSSR count). The molecule has 4 aromatic rings. The molecule has 8 heteroatoms. The molecular formula is C30H33N3O5. The first-order valence-corrected chi connectivity index (χ1v) is 12.6. The van der Waals surface area contributed by atoms with Gasteiger partial charge in [-0.15, -0.1) is 0 Å². The normalized spacial score (nSPS) is 12.6. The third-order valence-electron chi connectivity index (χ3n) is 6.59. The Balaban J connectivity index is 1.45. The number of methoxy groups -OCH3 is 1. The minimum Gasteiger partial charge on any atom is -0.496 e. The molecule has 1 unspecified atom stereocenters. The van der Waals surface area contributed by atoms with E-state index >= 15 is 0 Å². The number of nitrogens with one attached hydrogen (secondary N) is 2. The maximum absolute atomic E-state index is 13.4. The van der Waals surface area contributed by atoms with Gasteiger partial charge in [0.15, 0.2) is 5.78 Å². The molecule has 0 saturated heterocycles. The molecule has 0 radical (unpaired) electrons. The molecule has 8 nitrogen and oxygen atoms in total. The molecule has 1 amide bonds. The lowest BCUT2D eigenvalue weighted by atomic mass is 9.92. The Morgan fingerprint density at radius 3 is 2.50 bits per heavy atom. The first kappa shape index (κ1) is 26.9. The van der Waals surface area contributed by atoms with Gasteiger partial charge >= 0.3 is 0 Å². The molecule has 0 saturated carbocycles. The average Bonchev–Trinajstić information content (AvgIpc) is 3.36. The molecule has 0 bridgehead atoms. The predicted molar refractivity (Wildman–Crippen MR) is 146 cm³/mol. The van der Waals surface area contributed by atoms with Crippen molar-refractivity contribution >= 4 is 22.6 Å². The second-order valence-electron chi connectivity index (χ2n) is 9.13. The van der Waals surface area contributed by atoms with Crippen LogP contribution in [-0.4, -0.2) is 41.7 Å². The van der Waals surface area contributed by atoms with Crippen LogP contribution in [0, 0.1) is 5.92 Å². The fourth-order valence-corrected chi connectivity index (χ4v) is 4.45. The van der Waals surface area contributed by atoms with Crippen LogP contribution < -0.4 is 20.5 Å². The first-order valence-electron chi connectivity index (χ1n) is 12.6. The zero-order chi connectivity index (χ0) is 26.9. The van der Waals surface area contributed by atoms with Crippen molar-refractivity contribution < 1.29 is 24.2 Å². The number of H-pyrrole nitrogens is 1. The second-order valence-corrected chi connectivity index (χ2v) is 9.13. The van der Waals surface area contributed by atoms with Gasteiger partial charge in [0, 0.05) is 23.5 Å². The van der Waals surface area contributed by atoms with E-state index < -0.39 is 12.1 Å².